The topological polar surface area (TPSA) is 259 Å². The van der Waals surface area contributed by atoms with E-state index in [2.05, 4.69) is 40.4 Å². The van der Waals surface area contributed by atoms with E-state index in [-0.39, 0.29) is 47.1 Å². The highest BCUT2D eigenvalue weighted by atomic mass is 19.2. The van der Waals surface area contributed by atoms with Crippen molar-refractivity contribution in [3.63, 3.8) is 0 Å². The number of nitrogens with two attached hydrogens (primary N) is 1. The molecular formula is C70H84F6N16O9. The van der Waals surface area contributed by atoms with Crippen LogP contribution in [0.1, 0.15) is 79.7 Å². The van der Waals surface area contributed by atoms with Crippen LogP contribution in [0.2, 0.25) is 0 Å². The molecule has 0 atom stereocenters. The third-order valence-corrected chi connectivity index (χ3v) is 15.2. The van der Waals surface area contributed by atoms with E-state index < -0.39 is 40.1 Å². The summed E-state index contributed by atoms with van der Waals surface area (Å²) in [5.74, 6) is -1.81. The van der Waals surface area contributed by atoms with E-state index in [9.17, 15) is 40.7 Å². The van der Waals surface area contributed by atoms with Gasteiger partial charge in [0, 0.05) is 135 Å². The van der Waals surface area contributed by atoms with Gasteiger partial charge < -0.3 is 73.8 Å². The minimum Gasteiger partial charge on any atom is -0.444 e. The molecule has 4 N–H and O–H groups in total. The average molecular weight is 1410 g/mol. The van der Waals surface area contributed by atoms with Gasteiger partial charge in [-0.1, -0.05) is 27.6 Å². The van der Waals surface area contributed by atoms with E-state index in [0.29, 0.717) is 141 Å². The van der Waals surface area contributed by atoms with E-state index in [1.807, 2.05) is 88.0 Å². The molecule has 0 radical (unpaired) electrons. The van der Waals surface area contributed by atoms with Gasteiger partial charge in [0.1, 0.15) is 45.9 Å². The van der Waals surface area contributed by atoms with Crippen LogP contribution in [0, 0.1) is 61.9 Å². The fourth-order valence-corrected chi connectivity index (χ4v) is 10.3. The summed E-state index contributed by atoms with van der Waals surface area (Å²) in [5.41, 5.74) is 7.80. The SMILES string of the molecule is CC(C)(C)OC(=O)N1CCN(c2ccc(/C(N)=N/O)cc2F)CC1.Cc1nc(-c2ccc(N3CCN(C(=O)OC(C)(C)C)CC3)c(F)c2)no1.Cc1nc(-c2ccc(N3CCNCC3)c(F)c2)no1.[C-]#[N+]c1ccc(F)c(F)c1.[C-]#[N+]c1ccc(N2CCN(C(=O)OC(C)(C)C)CC2)c(F)c1. The Kier molecular flexibility index (Phi) is 26.7. The second kappa shape index (κ2) is 34.8. The quantitative estimate of drug-likeness (QED) is 0.0255. The molecule has 0 bridgehead atoms. The molecule has 0 saturated carbocycles. The van der Waals surface area contributed by atoms with E-state index in [1.165, 1.54) is 30.3 Å². The molecule has 31 heteroatoms. The Morgan fingerprint density at radius 2 is 0.802 bits per heavy atom. The molecule has 4 aliphatic heterocycles. The largest absolute Gasteiger partial charge is 0.444 e. The third kappa shape index (κ3) is 23.1. The summed E-state index contributed by atoms with van der Waals surface area (Å²) in [4.78, 5) is 63.1. The Morgan fingerprint density at radius 1 is 0.475 bits per heavy atom. The molecule has 11 rings (SSSR count). The number of amides is 3. The molecule has 0 spiro atoms. The van der Waals surface area contributed by atoms with Crippen LogP contribution in [-0.2, 0) is 14.2 Å². The number of ether oxygens (including phenoxy) is 3. The van der Waals surface area contributed by atoms with Crippen LogP contribution < -0.4 is 30.7 Å². The number of hydrogen-bond acceptors (Lipinski definition) is 19. The molecule has 4 saturated heterocycles. The number of amidine groups is 1. The van der Waals surface area contributed by atoms with Crippen molar-refractivity contribution in [3.8, 4) is 22.8 Å². The lowest BCUT2D eigenvalue weighted by molar-refractivity contribution is 0.0230. The van der Waals surface area contributed by atoms with Gasteiger partial charge in [-0.15, -0.1) is 0 Å². The van der Waals surface area contributed by atoms with Crippen LogP contribution in [0.25, 0.3) is 32.5 Å². The van der Waals surface area contributed by atoms with Gasteiger partial charge in [-0.05, 0) is 141 Å². The fraction of sp³-hybridized carbons (Fsp3) is 0.429. The lowest BCUT2D eigenvalue weighted by atomic mass is 10.1. The zero-order valence-corrected chi connectivity index (χ0v) is 58.3. The predicted molar refractivity (Wildman–Crippen MR) is 368 cm³/mol. The van der Waals surface area contributed by atoms with Gasteiger partial charge in [0.05, 0.1) is 35.9 Å². The van der Waals surface area contributed by atoms with E-state index in [1.54, 1.807) is 71.0 Å². The van der Waals surface area contributed by atoms with Crippen molar-refractivity contribution in [1.29, 1.82) is 0 Å². The van der Waals surface area contributed by atoms with Gasteiger partial charge in [0.25, 0.3) is 0 Å². The maximum Gasteiger partial charge on any atom is 0.410 e. The van der Waals surface area contributed by atoms with Crippen molar-refractivity contribution < 1.29 is 69.2 Å². The van der Waals surface area contributed by atoms with Gasteiger partial charge >= 0.3 is 18.3 Å². The molecule has 0 unspecified atom stereocenters. The van der Waals surface area contributed by atoms with Gasteiger partial charge in [0.2, 0.25) is 23.4 Å². The number of aromatic nitrogens is 4. The highest BCUT2D eigenvalue weighted by Gasteiger charge is 2.31. The van der Waals surface area contributed by atoms with Gasteiger partial charge in [-0.3, -0.25) is 0 Å². The number of nitrogens with one attached hydrogen (secondary N) is 1. The zero-order chi connectivity index (χ0) is 73.9. The summed E-state index contributed by atoms with van der Waals surface area (Å²) in [6.07, 6.45) is -1.03. The first-order valence-corrected chi connectivity index (χ1v) is 32.3. The minimum absolute atomic E-state index is 0.110. The normalized spacial score (nSPS) is 15.0. The van der Waals surface area contributed by atoms with E-state index in [0.717, 1.165) is 38.3 Å². The molecule has 6 heterocycles. The number of anilines is 4. The molecule has 0 aliphatic carbocycles. The number of oxime groups is 1. The molecule has 2 aromatic heterocycles. The van der Waals surface area contributed by atoms with Gasteiger partial charge in [-0.2, -0.15) is 9.97 Å². The molecule has 4 aliphatic rings. The first-order valence-electron chi connectivity index (χ1n) is 32.3. The molecule has 25 nitrogen and oxygen atoms in total. The summed E-state index contributed by atoms with van der Waals surface area (Å²) in [5, 5.41) is 22.3. The lowest BCUT2D eigenvalue weighted by Crippen LogP contribution is -2.50. The Labute approximate surface area is 582 Å². The highest BCUT2D eigenvalue weighted by molar-refractivity contribution is 5.97. The molecule has 7 aromatic rings. The zero-order valence-electron chi connectivity index (χ0n) is 58.3. The second-order valence-electron chi connectivity index (χ2n) is 26.3. The number of rotatable bonds is 7. The molecule has 4 fully saturated rings. The number of halogens is 6. The summed E-state index contributed by atoms with van der Waals surface area (Å²) in [6.45, 7) is 42.6. The molecule has 101 heavy (non-hydrogen) atoms. The number of piperazine rings is 4. The average Bonchev–Trinajstić information content (AvgIpc) is 1.82. The van der Waals surface area contributed by atoms with E-state index in [4.69, 9.17) is 47.3 Å². The van der Waals surface area contributed by atoms with Crippen molar-refractivity contribution >= 4 is 58.2 Å². The number of carbonyl (C=O) groups excluding carboxylic acids is 3. The standard InChI is InChI=1S/C18H23FN4O3.C16H23FN4O3.C16H20FN3O2.C13H15FN4O.C7H3F2N/c1-12-20-16(21-26-12)13-5-6-15(14(19)11-13)22-7-9-23(10-8-22)17(24)25-18(2,3)4;1-16(2,3)24-15(22)21-8-6-20(7-9-21)13-5-4-11(10-12(13)17)14(18)19-23;1-16(2,3)22-15(21)20-9-7-19(8-10-20)14-6-5-12(18-4)11-13(14)17;1-9-16-13(17-19-9)10-2-3-12(11(14)8-10)18-6-4-15-5-7-18;1-10-5-2-3-6(8)7(9)4-5/h5-6,11H,7-10H2,1-4H3;4-5,10,23H,6-9H2,1-3H3,(H2,18,19);5-6,11H,7-10H2,1-3H3;2-3,8,15H,4-7H2,1H3;2-4H. The predicted octanol–water partition coefficient (Wildman–Crippen LogP) is 12.8. The van der Waals surface area contributed by atoms with Gasteiger partial charge in [-0.25, -0.2) is 50.4 Å². The third-order valence-electron chi connectivity index (χ3n) is 15.2. The number of nitrogens with zero attached hydrogens (tertiary/aromatic N) is 14. The van der Waals surface area contributed by atoms with Crippen LogP contribution in [0.4, 0.5) is 74.9 Å². The van der Waals surface area contributed by atoms with Crippen LogP contribution in [0.15, 0.2) is 105 Å². The maximum atomic E-state index is 14.6. The maximum absolute atomic E-state index is 14.6. The smallest absolute Gasteiger partial charge is 0.410 e. The Balaban J connectivity index is 0.000000181. The highest BCUT2D eigenvalue weighted by Crippen LogP contribution is 2.30. The molecular weight excluding hydrogens is 1320 g/mol. The van der Waals surface area contributed by atoms with E-state index >= 15 is 0 Å². The van der Waals surface area contributed by atoms with Crippen LogP contribution in [-0.4, -0.2) is 186 Å². The first kappa shape index (κ1) is 77.5. The summed E-state index contributed by atoms with van der Waals surface area (Å²) in [6, 6.07) is 21.8. The minimum atomic E-state index is -0.978. The van der Waals surface area contributed by atoms with Crippen LogP contribution in [0.3, 0.4) is 0 Å². The van der Waals surface area contributed by atoms with Gasteiger partial charge in [0.15, 0.2) is 23.0 Å². The number of benzene rings is 5. The van der Waals surface area contributed by atoms with Crippen LogP contribution >= 0.6 is 0 Å². The van der Waals surface area contributed by atoms with Crippen molar-refractivity contribution in [2.45, 2.75) is 93.0 Å². The second-order valence-corrected chi connectivity index (χ2v) is 26.3. The monoisotopic (exact) mass is 1410 g/mol. The number of aryl methyl sites for hydroxylation is 2. The molecule has 540 valence electrons. The summed E-state index contributed by atoms with van der Waals surface area (Å²) in [7, 11) is 0. The Bertz CT molecular complexity index is 4080. The van der Waals surface area contributed by atoms with Crippen molar-refractivity contribution in [1.82, 2.24) is 40.3 Å². The number of hydrogen-bond donors (Lipinski definition) is 3. The Morgan fingerprint density at radius 3 is 1.11 bits per heavy atom. The fourth-order valence-electron chi connectivity index (χ4n) is 10.3. The lowest BCUT2D eigenvalue weighted by Gasteiger charge is -2.36. The van der Waals surface area contributed by atoms with Crippen molar-refractivity contribution in [2.75, 3.05) is 124 Å². The summed E-state index contributed by atoms with van der Waals surface area (Å²) >= 11 is 0. The number of carbonyl (C=O) groups is 3. The van der Waals surface area contributed by atoms with Crippen molar-refractivity contribution in [3.05, 3.63) is 166 Å². The summed E-state index contributed by atoms with van der Waals surface area (Å²) < 4.78 is 107. The van der Waals surface area contributed by atoms with Crippen LogP contribution in [0.5, 0.6) is 0 Å². The molecule has 3 amide bonds. The first-order chi connectivity index (χ1) is 47.7. The molecule has 5 aromatic carbocycles. The Hall–Kier alpha value is -10.8. The van der Waals surface area contributed by atoms with Crippen molar-refractivity contribution in [2.24, 2.45) is 10.9 Å².